The molecule has 0 fully saturated rings. The smallest absolute Gasteiger partial charge is 0.382 e. The molecular weight excluding hydrogens is 277 g/mol. The zero-order chi connectivity index (χ0) is 15.3. The number of nitrogens with zero attached hydrogens (tertiary/aromatic N) is 1. The molecule has 1 aromatic carbocycles. The van der Waals surface area contributed by atoms with Crippen molar-refractivity contribution in [3.8, 4) is 0 Å². The highest BCUT2D eigenvalue weighted by Gasteiger charge is 2.35. The topological polar surface area (TPSA) is 64.4 Å². The average molecular weight is 292 g/mol. The second-order valence-corrected chi connectivity index (χ2v) is 4.13. The van der Waals surface area contributed by atoms with E-state index >= 15 is 0 Å². The molecule has 112 valence electrons. The van der Waals surface area contributed by atoms with Gasteiger partial charge >= 0.3 is 6.18 Å². The lowest BCUT2D eigenvalue weighted by Gasteiger charge is -2.17. The summed E-state index contributed by atoms with van der Waals surface area (Å²) in [6.07, 6.45) is -4.93. The molecule has 0 saturated heterocycles. The summed E-state index contributed by atoms with van der Waals surface area (Å²) in [6, 6.07) is 2.61. The van der Waals surface area contributed by atoms with Gasteiger partial charge in [-0.25, -0.2) is 0 Å². The summed E-state index contributed by atoms with van der Waals surface area (Å²) >= 11 is 0. The van der Waals surface area contributed by atoms with Crippen LogP contribution in [-0.4, -0.2) is 24.2 Å². The van der Waals surface area contributed by atoms with Gasteiger partial charge in [-0.05, 0) is 19.9 Å². The molecule has 0 spiro atoms. The first kappa shape index (κ1) is 16.2. The van der Waals surface area contributed by atoms with E-state index in [0.29, 0.717) is 12.7 Å². The Morgan fingerprint density at radius 1 is 1.45 bits per heavy atom. The van der Waals surface area contributed by atoms with Crippen LogP contribution in [-0.2, 0) is 10.9 Å². The normalized spacial score (nSPS) is 13.1. The number of benzene rings is 1. The van der Waals surface area contributed by atoms with Gasteiger partial charge in [-0.1, -0.05) is 0 Å². The van der Waals surface area contributed by atoms with Crippen molar-refractivity contribution < 1.29 is 22.8 Å². The van der Waals surface area contributed by atoms with Gasteiger partial charge in [-0.15, -0.1) is 0 Å². The highest BCUT2D eigenvalue weighted by Crippen LogP contribution is 2.37. The molecule has 0 amide bonds. The molecule has 0 aliphatic carbocycles. The lowest BCUT2D eigenvalue weighted by molar-refractivity contribution is -0.385. The molecule has 0 heterocycles. The molecule has 0 bridgehead atoms. The third kappa shape index (κ3) is 4.37. The van der Waals surface area contributed by atoms with E-state index in [1.807, 2.05) is 0 Å². The van der Waals surface area contributed by atoms with Crippen LogP contribution >= 0.6 is 0 Å². The average Bonchev–Trinajstić information content (AvgIpc) is 2.35. The second-order valence-electron chi connectivity index (χ2n) is 4.13. The molecule has 0 aliphatic heterocycles. The fourth-order valence-electron chi connectivity index (χ4n) is 1.63. The predicted octanol–water partition coefficient (Wildman–Crippen LogP) is 3.45. The van der Waals surface area contributed by atoms with E-state index in [-0.39, 0.29) is 18.3 Å². The summed E-state index contributed by atoms with van der Waals surface area (Å²) in [4.78, 5) is 9.68. The SMILES string of the molecule is CCOC(C)CNc1ccc([N+](=O)[O-])cc1C(F)(F)F. The molecule has 20 heavy (non-hydrogen) atoms. The number of anilines is 1. The number of nitrogens with one attached hydrogen (secondary N) is 1. The largest absolute Gasteiger partial charge is 0.418 e. The van der Waals surface area contributed by atoms with Crippen molar-refractivity contribution in [1.29, 1.82) is 0 Å². The van der Waals surface area contributed by atoms with E-state index in [2.05, 4.69) is 5.32 Å². The van der Waals surface area contributed by atoms with Gasteiger partial charge < -0.3 is 10.1 Å². The summed E-state index contributed by atoms with van der Waals surface area (Å²) in [5.74, 6) is 0. The summed E-state index contributed by atoms with van der Waals surface area (Å²) in [6.45, 7) is 4.13. The van der Waals surface area contributed by atoms with Crippen LogP contribution in [0.25, 0.3) is 0 Å². The lowest BCUT2D eigenvalue weighted by atomic mass is 10.1. The Labute approximate surface area is 113 Å². The Morgan fingerprint density at radius 3 is 2.60 bits per heavy atom. The first-order chi connectivity index (χ1) is 9.25. The predicted molar refractivity (Wildman–Crippen MR) is 67.7 cm³/mol. The van der Waals surface area contributed by atoms with Crippen molar-refractivity contribution >= 4 is 11.4 Å². The Hall–Kier alpha value is -1.83. The molecule has 8 heteroatoms. The van der Waals surface area contributed by atoms with Crippen molar-refractivity contribution in [3.63, 3.8) is 0 Å². The second kappa shape index (κ2) is 6.56. The Balaban J connectivity index is 2.98. The van der Waals surface area contributed by atoms with E-state index in [9.17, 15) is 23.3 Å². The molecule has 0 radical (unpaired) electrons. The molecule has 1 unspecified atom stereocenters. The van der Waals surface area contributed by atoms with Crippen molar-refractivity contribution in [2.24, 2.45) is 0 Å². The van der Waals surface area contributed by atoms with Crippen LogP contribution in [0.15, 0.2) is 18.2 Å². The van der Waals surface area contributed by atoms with Gasteiger partial charge in [0.25, 0.3) is 5.69 Å². The minimum atomic E-state index is -4.66. The van der Waals surface area contributed by atoms with E-state index in [4.69, 9.17) is 4.74 Å². The maximum atomic E-state index is 12.9. The number of alkyl halides is 3. The van der Waals surface area contributed by atoms with Gasteiger partial charge in [0, 0.05) is 31.0 Å². The summed E-state index contributed by atoms with van der Waals surface area (Å²) < 4.78 is 43.8. The van der Waals surface area contributed by atoms with Crippen LogP contribution < -0.4 is 5.32 Å². The molecule has 1 aromatic rings. The standard InChI is InChI=1S/C12H15F3N2O3/c1-3-20-8(2)7-16-11-5-4-9(17(18)19)6-10(11)12(13,14)15/h4-6,8,16H,3,7H2,1-2H3. The van der Waals surface area contributed by atoms with Crippen molar-refractivity contribution in [3.05, 3.63) is 33.9 Å². The zero-order valence-corrected chi connectivity index (χ0v) is 11.0. The molecule has 1 atom stereocenters. The van der Waals surface area contributed by atoms with Crippen LogP contribution in [0.4, 0.5) is 24.5 Å². The maximum absolute atomic E-state index is 12.9. The lowest BCUT2D eigenvalue weighted by Crippen LogP contribution is -2.21. The maximum Gasteiger partial charge on any atom is 0.418 e. The number of halogens is 3. The Bertz CT molecular complexity index is 478. The van der Waals surface area contributed by atoms with Crippen molar-refractivity contribution in [2.45, 2.75) is 26.1 Å². The summed E-state index contributed by atoms with van der Waals surface area (Å²) in [7, 11) is 0. The van der Waals surface area contributed by atoms with Crippen LogP contribution in [0.3, 0.4) is 0 Å². The number of hydrogen-bond donors (Lipinski definition) is 1. The third-order valence-corrected chi connectivity index (χ3v) is 2.55. The molecule has 1 rings (SSSR count). The number of nitro benzene ring substituents is 1. The van der Waals surface area contributed by atoms with Crippen LogP contribution in [0.1, 0.15) is 19.4 Å². The quantitative estimate of drug-likeness (QED) is 0.644. The van der Waals surface area contributed by atoms with Crippen LogP contribution in [0, 0.1) is 10.1 Å². The fraction of sp³-hybridized carbons (Fsp3) is 0.500. The first-order valence-corrected chi connectivity index (χ1v) is 5.96. The van der Waals surface area contributed by atoms with E-state index in [1.54, 1.807) is 13.8 Å². The summed E-state index contributed by atoms with van der Waals surface area (Å²) in [5, 5.41) is 13.1. The Morgan fingerprint density at radius 2 is 2.10 bits per heavy atom. The molecular formula is C12H15F3N2O3. The van der Waals surface area contributed by atoms with Gasteiger partial charge in [0.15, 0.2) is 0 Å². The van der Waals surface area contributed by atoms with Crippen molar-refractivity contribution in [2.75, 3.05) is 18.5 Å². The molecule has 0 aromatic heterocycles. The number of nitro groups is 1. The van der Waals surface area contributed by atoms with Gasteiger partial charge in [0.2, 0.25) is 0 Å². The molecule has 0 saturated carbocycles. The van der Waals surface area contributed by atoms with E-state index in [0.717, 1.165) is 12.1 Å². The van der Waals surface area contributed by atoms with E-state index in [1.165, 1.54) is 0 Å². The molecule has 5 nitrogen and oxygen atoms in total. The minimum Gasteiger partial charge on any atom is -0.382 e. The zero-order valence-electron chi connectivity index (χ0n) is 11.0. The molecule has 1 N–H and O–H groups in total. The number of hydrogen-bond acceptors (Lipinski definition) is 4. The minimum absolute atomic E-state index is 0.175. The summed E-state index contributed by atoms with van der Waals surface area (Å²) in [5.41, 5.74) is -1.86. The van der Waals surface area contributed by atoms with Crippen LogP contribution in [0.5, 0.6) is 0 Å². The first-order valence-electron chi connectivity index (χ1n) is 5.96. The monoisotopic (exact) mass is 292 g/mol. The highest BCUT2D eigenvalue weighted by molar-refractivity contribution is 5.57. The van der Waals surface area contributed by atoms with Gasteiger partial charge in [0.05, 0.1) is 16.6 Å². The van der Waals surface area contributed by atoms with Crippen molar-refractivity contribution in [1.82, 2.24) is 0 Å². The highest BCUT2D eigenvalue weighted by atomic mass is 19.4. The van der Waals surface area contributed by atoms with E-state index < -0.39 is 22.4 Å². The molecule has 0 aliphatic rings. The van der Waals surface area contributed by atoms with Crippen LogP contribution in [0.2, 0.25) is 0 Å². The third-order valence-electron chi connectivity index (χ3n) is 2.55. The van der Waals surface area contributed by atoms with Gasteiger partial charge in [0.1, 0.15) is 0 Å². The number of ether oxygens (including phenoxy) is 1. The van der Waals surface area contributed by atoms with Gasteiger partial charge in [-0.2, -0.15) is 13.2 Å². The Kier molecular flexibility index (Phi) is 5.32. The fourth-order valence-corrected chi connectivity index (χ4v) is 1.63. The van der Waals surface area contributed by atoms with Gasteiger partial charge in [-0.3, -0.25) is 10.1 Å². The number of rotatable bonds is 6. The number of non-ortho nitro benzene ring substituents is 1.